The number of carbonyl (C=O) groups excluding carboxylic acids is 1. The van der Waals surface area contributed by atoms with E-state index in [9.17, 15) is 14.0 Å². The van der Waals surface area contributed by atoms with Gasteiger partial charge in [-0.15, -0.1) is 0 Å². The van der Waals surface area contributed by atoms with Crippen LogP contribution in [0.2, 0.25) is 0 Å². The van der Waals surface area contributed by atoms with Crippen molar-refractivity contribution in [2.75, 3.05) is 6.61 Å². The predicted molar refractivity (Wildman–Crippen MR) is 130 cm³/mol. The van der Waals surface area contributed by atoms with E-state index in [4.69, 9.17) is 4.74 Å². The second-order valence-electron chi connectivity index (χ2n) is 9.61. The molecule has 180 valence electrons. The van der Waals surface area contributed by atoms with Crippen molar-refractivity contribution >= 4 is 16.9 Å². The number of fused-ring (bicyclic) bond motifs is 1. The van der Waals surface area contributed by atoms with Crippen LogP contribution in [0.3, 0.4) is 0 Å². The van der Waals surface area contributed by atoms with Gasteiger partial charge in [0.05, 0.1) is 19.2 Å². The van der Waals surface area contributed by atoms with Gasteiger partial charge < -0.3 is 9.64 Å². The number of nitrogens with zero attached hydrogens (tertiary/aromatic N) is 3. The normalized spacial score (nSPS) is 20.4. The van der Waals surface area contributed by atoms with Crippen LogP contribution in [0.1, 0.15) is 62.9 Å². The minimum atomic E-state index is -0.783. The van der Waals surface area contributed by atoms with Gasteiger partial charge >= 0.3 is 0 Å². The standard InChI is InChI=1S/C27H32FN3O3/c1-5-21-17-34-27(4,13-12-18(2)3)31(21)26(33)22-15-19-10-8-14-29-24(19)30(25(22)32)16-20-9-6-7-11-23(20)28/h6-11,14-15,18,21H,5,12-13,16-17H2,1-4H3. The molecule has 0 aliphatic carbocycles. The Morgan fingerprint density at radius 2 is 2.03 bits per heavy atom. The first kappa shape index (κ1) is 24.1. The maximum absolute atomic E-state index is 14.4. The molecule has 0 bridgehead atoms. The van der Waals surface area contributed by atoms with E-state index in [0.29, 0.717) is 35.5 Å². The summed E-state index contributed by atoms with van der Waals surface area (Å²) in [5.74, 6) is -0.299. The number of rotatable bonds is 7. The number of hydrogen-bond acceptors (Lipinski definition) is 4. The zero-order valence-corrected chi connectivity index (χ0v) is 20.3. The first-order valence-corrected chi connectivity index (χ1v) is 11.9. The molecule has 1 fully saturated rings. The Morgan fingerprint density at radius 3 is 2.74 bits per heavy atom. The molecule has 7 heteroatoms. The number of hydrogen-bond donors (Lipinski definition) is 0. The van der Waals surface area contributed by atoms with Crippen molar-refractivity contribution in [2.45, 2.75) is 65.3 Å². The van der Waals surface area contributed by atoms with Crippen LogP contribution >= 0.6 is 0 Å². The molecule has 2 atom stereocenters. The van der Waals surface area contributed by atoms with Gasteiger partial charge in [0.25, 0.3) is 11.5 Å². The molecule has 0 spiro atoms. The molecule has 34 heavy (non-hydrogen) atoms. The Morgan fingerprint density at radius 1 is 1.26 bits per heavy atom. The second-order valence-corrected chi connectivity index (χ2v) is 9.61. The first-order chi connectivity index (χ1) is 16.2. The number of amides is 1. The number of pyridine rings is 2. The minimum Gasteiger partial charge on any atom is -0.354 e. The molecule has 3 heterocycles. The summed E-state index contributed by atoms with van der Waals surface area (Å²) in [6.07, 6.45) is 3.90. The summed E-state index contributed by atoms with van der Waals surface area (Å²) in [5, 5.41) is 0.652. The summed E-state index contributed by atoms with van der Waals surface area (Å²) in [6.45, 7) is 8.65. The van der Waals surface area contributed by atoms with Gasteiger partial charge in [0.2, 0.25) is 0 Å². The quantitative estimate of drug-likeness (QED) is 0.493. The Balaban J connectivity index is 1.82. The molecule has 1 aliphatic rings. The van der Waals surface area contributed by atoms with E-state index in [1.165, 1.54) is 10.6 Å². The topological polar surface area (TPSA) is 64.4 Å². The number of aromatic nitrogens is 2. The van der Waals surface area contributed by atoms with Gasteiger partial charge in [-0.3, -0.25) is 14.2 Å². The smallest absolute Gasteiger partial charge is 0.265 e. The third kappa shape index (κ3) is 4.49. The van der Waals surface area contributed by atoms with Crippen LogP contribution in [-0.2, 0) is 11.3 Å². The number of halogens is 1. The van der Waals surface area contributed by atoms with Gasteiger partial charge in [0.1, 0.15) is 22.8 Å². The molecule has 4 rings (SSSR count). The Labute approximate surface area is 199 Å². The average molecular weight is 466 g/mol. The zero-order valence-electron chi connectivity index (χ0n) is 20.3. The van der Waals surface area contributed by atoms with Gasteiger partial charge in [-0.1, -0.05) is 39.0 Å². The molecule has 1 saturated heterocycles. The molecule has 2 unspecified atom stereocenters. The molecule has 6 nitrogen and oxygen atoms in total. The van der Waals surface area contributed by atoms with Crippen molar-refractivity contribution in [3.8, 4) is 0 Å². The lowest BCUT2D eigenvalue weighted by atomic mass is 9.99. The Kier molecular flexibility index (Phi) is 6.84. The highest BCUT2D eigenvalue weighted by Gasteiger charge is 2.46. The van der Waals surface area contributed by atoms with E-state index in [0.717, 1.165) is 12.8 Å². The van der Waals surface area contributed by atoms with Gasteiger partial charge in [-0.2, -0.15) is 0 Å². The van der Waals surface area contributed by atoms with Crippen LogP contribution in [0.4, 0.5) is 4.39 Å². The summed E-state index contributed by atoms with van der Waals surface area (Å²) in [7, 11) is 0. The minimum absolute atomic E-state index is 0.0154. The maximum atomic E-state index is 14.4. The Hall–Kier alpha value is -3.06. The average Bonchev–Trinajstić information content (AvgIpc) is 3.17. The maximum Gasteiger partial charge on any atom is 0.265 e. The molecular weight excluding hydrogens is 433 g/mol. The largest absolute Gasteiger partial charge is 0.354 e. The summed E-state index contributed by atoms with van der Waals surface area (Å²) >= 11 is 0. The van der Waals surface area contributed by atoms with Crippen LogP contribution in [0.15, 0.2) is 53.5 Å². The fraction of sp³-hybridized carbons (Fsp3) is 0.444. The van der Waals surface area contributed by atoms with Crippen LogP contribution in [0.5, 0.6) is 0 Å². The summed E-state index contributed by atoms with van der Waals surface area (Å²) in [5.41, 5.74) is -0.434. The van der Waals surface area contributed by atoms with Gasteiger partial charge in [0.15, 0.2) is 0 Å². The lowest BCUT2D eigenvalue weighted by Crippen LogP contribution is -2.51. The van der Waals surface area contributed by atoms with Crippen molar-refractivity contribution in [3.05, 3.63) is 76.0 Å². The van der Waals surface area contributed by atoms with E-state index >= 15 is 0 Å². The SMILES string of the molecule is CCC1COC(C)(CCC(C)C)N1C(=O)c1cc2cccnc2n(Cc2ccccc2F)c1=O. The molecule has 3 aromatic rings. The number of ether oxygens (including phenoxy) is 1. The van der Waals surface area contributed by atoms with E-state index < -0.39 is 17.1 Å². The number of carbonyl (C=O) groups is 1. The first-order valence-electron chi connectivity index (χ1n) is 11.9. The molecule has 1 amide bonds. The molecule has 0 N–H and O–H groups in total. The highest BCUT2D eigenvalue weighted by molar-refractivity contribution is 5.97. The van der Waals surface area contributed by atoms with Gasteiger partial charge in [-0.05, 0) is 56.4 Å². The van der Waals surface area contributed by atoms with Crippen LogP contribution in [-0.4, -0.2) is 38.7 Å². The van der Waals surface area contributed by atoms with E-state index in [2.05, 4.69) is 18.8 Å². The lowest BCUT2D eigenvalue weighted by molar-refractivity contribution is -0.0641. The third-order valence-electron chi connectivity index (χ3n) is 6.70. The third-order valence-corrected chi connectivity index (χ3v) is 6.70. The van der Waals surface area contributed by atoms with Crippen LogP contribution in [0.25, 0.3) is 11.0 Å². The summed E-state index contributed by atoms with van der Waals surface area (Å²) in [4.78, 5) is 33.7. The summed E-state index contributed by atoms with van der Waals surface area (Å²) in [6, 6.07) is 11.4. The molecule has 1 aliphatic heterocycles. The van der Waals surface area contributed by atoms with Crippen molar-refractivity contribution in [1.82, 2.24) is 14.5 Å². The van der Waals surface area contributed by atoms with E-state index in [1.807, 2.05) is 19.9 Å². The van der Waals surface area contributed by atoms with Crippen LogP contribution < -0.4 is 5.56 Å². The predicted octanol–water partition coefficient (Wildman–Crippen LogP) is 4.99. The Bertz CT molecular complexity index is 1260. The van der Waals surface area contributed by atoms with Crippen molar-refractivity contribution in [2.24, 2.45) is 5.92 Å². The van der Waals surface area contributed by atoms with E-state index in [-0.39, 0.29) is 24.1 Å². The molecule has 1 aromatic carbocycles. The number of benzene rings is 1. The fourth-order valence-corrected chi connectivity index (χ4v) is 4.67. The summed E-state index contributed by atoms with van der Waals surface area (Å²) < 4.78 is 22.0. The van der Waals surface area contributed by atoms with Crippen LogP contribution in [0, 0.1) is 11.7 Å². The van der Waals surface area contributed by atoms with Gasteiger partial charge in [0, 0.05) is 17.1 Å². The zero-order chi connectivity index (χ0) is 24.5. The van der Waals surface area contributed by atoms with Crippen molar-refractivity contribution in [3.63, 3.8) is 0 Å². The fourth-order valence-electron chi connectivity index (χ4n) is 4.67. The molecule has 0 saturated carbocycles. The second kappa shape index (κ2) is 9.66. The molecule has 2 aromatic heterocycles. The monoisotopic (exact) mass is 465 g/mol. The van der Waals surface area contributed by atoms with Crippen molar-refractivity contribution < 1.29 is 13.9 Å². The molecule has 0 radical (unpaired) electrons. The highest BCUT2D eigenvalue weighted by Crippen LogP contribution is 2.35. The lowest BCUT2D eigenvalue weighted by Gasteiger charge is -2.37. The molecular formula is C27H32FN3O3. The highest BCUT2D eigenvalue weighted by atomic mass is 19.1. The van der Waals surface area contributed by atoms with Crippen molar-refractivity contribution in [1.29, 1.82) is 0 Å². The van der Waals surface area contributed by atoms with Gasteiger partial charge in [-0.25, -0.2) is 9.37 Å². The van der Waals surface area contributed by atoms with E-state index in [1.54, 1.807) is 41.4 Å².